The summed E-state index contributed by atoms with van der Waals surface area (Å²) in [4.78, 5) is 20.1. The first-order valence-corrected chi connectivity index (χ1v) is 15.0. The number of carbonyl (C=O) groups is 1. The molecule has 0 radical (unpaired) electrons. The normalized spacial score (nSPS) is 16.9. The second-order valence-electron chi connectivity index (χ2n) is 11.2. The molecule has 0 atom stereocenters. The highest BCUT2D eigenvalue weighted by Gasteiger charge is 2.36. The highest BCUT2D eigenvalue weighted by molar-refractivity contribution is 7.89. The number of benzene rings is 2. The number of hydrogen-bond acceptors (Lipinski definition) is 4. The molecule has 0 saturated heterocycles. The van der Waals surface area contributed by atoms with Crippen LogP contribution in [0.4, 0.5) is 0 Å². The molecule has 2 aromatic rings. The van der Waals surface area contributed by atoms with Crippen LogP contribution in [0.3, 0.4) is 0 Å². The summed E-state index contributed by atoms with van der Waals surface area (Å²) in [5, 5.41) is 0. The zero-order valence-electron chi connectivity index (χ0n) is 23.4. The number of carbonyl (C=O) groups excluding carboxylic acids is 1. The fourth-order valence-electron chi connectivity index (χ4n) is 4.53. The Kier molecular flexibility index (Phi) is 8.90. The zero-order chi connectivity index (χ0) is 28.0. The van der Waals surface area contributed by atoms with Crippen molar-refractivity contribution >= 4 is 22.1 Å². The molecule has 0 unspecified atom stereocenters. The van der Waals surface area contributed by atoms with E-state index in [-0.39, 0.29) is 28.8 Å². The molecule has 1 amide bonds. The van der Waals surface area contributed by atoms with Gasteiger partial charge in [0, 0.05) is 24.5 Å². The summed E-state index contributed by atoms with van der Waals surface area (Å²) < 4.78 is 29.5. The van der Waals surface area contributed by atoms with E-state index in [0.29, 0.717) is 25.2 Å². The smallest absolute Gasteiger partial charge is 0.264 e. The highest BCUT2D eigenvalue weighted by Crippen LogP contribution is 2.31. The maximum Gasteiger partial charge on any atom is 0.264 e. The summed E-state index contributed by atoms with van der Waals surface area (Å²) in [6, 6.07) is 15.3. The summed E-state index contributed by atoms with van der Waals surface area (Å²) in [5.41, 5.74) is 3.58. The third-order valence-electron chi connectivity index (χ3n) is 6.91. The molecule has 1 saturated carbocycles. The van der Waals surface area contributed by atoms with Crippen molar-refractivity contribution in [3.8, 4) is 0 Å². The van der Waals surface area contributed by atoms with E-state index in [9.17, 15) is 13.2 Å². The van der Waals surface area contributed by atoms with Crippen LogP contribution in [0, 0.1) is 6.92 Å². The van der Waals surface area contributed by atoms with Crippen LogP contribution in [0.25, 0.3) is 0 Å². The van der Waals surface area contributed by atoms with Gasteiger partial charge < -0.3 is 4.90 Å². The quantitative estimate of drug-likeness (QED) is 0.412. The van der Waals surface area contributed by atoms with E-state index in [2.05, 4.69) is 31.8 Å². The first-order valence-electron chi connectivity index (χ1n) is 13.6. The average Bonchev–Trinajstić information content (AvgIpc) is 3.74. The molecular formula is C32H39N3O3S. The molecule has 0 bridgehead atoms. The minimum Gasteiger partial charge on any atom is -0.334 e. The van der Waals surface area contributed by atoms with Crippen LogP contribution < -0.4 is 0 Å². The Morgan fingerprint density at radius 2 is 1.79 bits per heavy atom. The third kappa shape index (κ3) is 7.57. The monoisotopic (exact) mass is 545 g/mol. The van der Waals surface area contributed by atoms with Crippen LogP contribution in [0.5, 0.6) is 0 Å². The largest absolute Gasteiger partial charge is 0.334 e. The highest BCUT2D eigenvalue weighted by atomic mass is 32.2. The van der Waals surface area contributed by atoms with Crippen LogP contribution in [0.2, 0.25) is 0 Å². The van der Waals surface area contributed by atoms with Crippen molar-refractivity contribution in [1.29, 1.82) is 0 Å². The molecular weight excluding hydrogens is 506 g/mol. The second-order valence-corrected chi connectivity index (χ2v) is 13.1. The molecule has 4 rings (SSSR count). The Bertz CT molecular complexity index is 1390. The van der Waals surface area contributed by atoms with Crippen molar-refractivity contribution in [2.75, 3.05) is 13.1 Å². The lowest BCUT2D eigenvalue weighted by atomic mass is 9.87. The van der Waals surface area contributed by atoms with E-state index in [4.69, 9.17) is 0 Å². The molecule has 206 valence electrons. The summed E-state index contributed by atoms with van der Waals surface area (Å²) in [6.07, 6.45) is 13.3. The van der Waals surface area contributed by atoms with Gasteiger partial charge in [-0.2, -0.15) is 0 Å². The maximum absolute atomic E-state index is 14.1. The Balaban J connectivity index is 1.69. The Hall–Kier alpha value is -3.45. The van der Waals surface area contributed by atoms with Gasteiger partial charge in [-0.15, -0.1) is 0 Å². The molecule has 0 N–H and O–H groups in total. The van der Waals surface area contributed by atoms with E-state index < -0.39 is 10.0 Å². The SMILES string of the molecule is Cc1cccc(CN(C(=O)CN(C2=CC/C=C\C=NCC=C2)S(=O)(=O)c2ccc(C(C)(C)C)cc2)C2CC2)c1. The number of rotatable bonds is 8. The van der Waals surface area contributed by atoms with E-state index in [1.165, 1.54) is 4.31 Å². The number of allylic oxidation sites excluding steroid dienone is 4. The second kappa shape index (κ2) is 12.2. The molecule has 1 heterocycles. The molecule has 2 aliphatic rings. The molecule has 1 aliphatic heterocycles. The molecule has 6 nitrogen and oxygen atoms in total. The van der Waals surface area contributed by atoms with Crippen molar-refractivity contribution in [2.45, 2.75) is 69.9 Å². The number of aliphatic imine (C=N–C) groups is 1. The van der Waals surface area contributed by atoms with Crippen molar-refractivity contribution in [2.24, 2.45) is 4.99 Å². The molecule has 7 heteroatoms. The standard InChI is InChI=1S/C32H39N3O3S/c1-25-10-8-11-26(22-25)23-34(28-16-17-28)31(36)24-35(29-12-6-5-7-20-33-21-9-13-29)39(37,38)30-18-14-27(15-19-30)32(2,3)4/h5,7-15,18-20,22,28H,6,16-17,21,23-24H2,1-4H3/b7-5-,13-9?,29-12?,33-20?. The van der Waals surface area contributed by atoms with Crippen LogP contribution >= 0.6 is 0 Å². The van der Waals surface area contributed by atoms with Gasteiger partial charge in [0.2, 0.25) is 5.91 Å². The average molecular weight is 546 g/mol. The van der Waals surface area contributed by atoms with Crippen LogP contribution in [0.15, 0.2) is 94.5 Å². The predicted molar refractivity (Wildman–Crippen MR) is 158 cm³/mol. The minimum atomic E-state index is -4.02. The lowest BCUT2D eigenvalue weighted by molar-refractivity contribution is -0.132. The lowest BCUT2D eigenvalue weighted by Crippen LogP contribution is -2.43. The summed E-state index contributed by atoms with van der Waals surface area (Å²) >= 11 is 0. The van der Waals surface area contributed by atoms with Crippen molar-refractivity contribution < 1.29 is 13.2 Å². The van der Waals surface area contributed by atoms with Gasteiger partial charge in [-0.25, -0.2) is 8.42 Å². The van der Waals surface area contributed by atoms with Crippen LogP contribution in [0.1, 0.15) is 56.7 Å². The number of amides is 1. The number of hydrogen-bond donors (Lipinski definition) is 0. The van der Waals surface area contributed by atoms with Gasteiger partial charge in [0.15, 0.2) is 0 Å². The predicted octanol–water partition coefficient (Wildman–Crippen LogP) is 5.95. The maximum atomic E-state index is 14.1. The number of sulfonamides is 1. The minimum absolute atomic E-state index is 0.104. The van der Waals surface area contributed by atoms with Gasteiger partial charge in [-0.05, 0) is 67.0 Å². The fraction of sp³-hybridized carbons (Fsp3) is 0.375. The first kappa shape index (κ1) is 28.6. The van der Waals surface area contributed by atoms with Gasteiger partial charge in [0.05, 0.1) is 11.4 Å². The Labute approximate surface area is 233 Å². The van der Waals surface area contributed by atoms with Crippen LogP contribution in [-0.2, 0) is 26.8 Å². The molecule has 39 heavy (non-hydrogen) atoms. The van der Waals surface area contributed by atoms with Gasteiger partial charge in [0.1, 0.15) is 6.54 Å². The topological polar surface area (TPSA) is 70.1 Å². The van der Waals surface area contributed by atoms with Crippen molar-refractivity contribution in [1.82, 2.24) is 9.21 Å². The molecule has 0 spiro atoms. The molecule has 2 aromatic carbocycles. The Morgan fingerprint density at radius 1 is 1.05 bits per heavy atom. The fourth-order valence-corrected chi connectivity index (χ4v) is 5.96. The number of nitrogens with zero attached hydrogens (tertiary/aromatic N) is 3. The van der Waals surface area contributed by atoms with Crippen molar-refractivity contribution in [3.63, 3.8) is 0 Å². The van der Waals surface area contributed by atoms with Gasteiger partial charge >= 0.3 is 0 Å². The van der Waals surface area contributed by atoms with E-state index in [1.54, 1.807) is 24.4 Å². The molecule has 1 aliphatic carbocycles. The lowest BCUT2D eigenvalue weighted by Gasteiger charge is -2.30. The van der Waals surface area contributed by atoms with E-state index >= 15 is 0 Å². The summed E-state index contributed by atoms with van der Waals surface area (Å²) in [7, 11) is -4.02. The first-order chi connectivity index (χ1) is 18.6. The van der Waals surface area contributed by atoms with Crippen LogP contribution in [-0.4, -0.2) is 48.9 Å². The third-order valence-corrected chi connectivity index (χ3v) is 8.70. The van der Waals surface area contributed by atoms with Gasteiger partial charge in [-0.3, -0.25) is 14.1 Å². The molecule has 1 fully saturated rings. The number of aryl methyl sites for hydroxylation is 1. The Morgan fingerprint density at radius 3 is 2.46 bits per heavy atom. The van der Waals surface area contributed by atoms with Crippen molar-refractivity contribution in [3.05, 3.63) is 101 Å². The van der Waals surface area contributed by atoms with Gasteiger partial charge in [-0.1, -0.05) is 81.0 Å². The van der Waals surface area contributed by atoms with E-state index in [1.807, 2.05) is 66.5 Å². The summed E-state index contributed by atoms with van der Waals surface area (Å²) in [5.74, 6) is -0.200. The van der Waals surface area contributed by atoms with E-state index in [0.717, 1.165) is 29.5 Å². The summed E-state index contributed by atoms with van der Waals surface area (Å²) in [6.45, 7) is 8.92. The van der Waals surface area contributed by atoms with Gasteiger partial charge in [0.25, 0.3) is 10.0 Å². The molecule has 0 aromatic heterocycles. The zero-order valence-corrected chi connectivity index (χ0v) is 24.2.